The van der Waals surface area contributed by atoms with Crippen LogP contribution in [0.15, 0.2) is 16.1 Å². The lowest BCUT2D eigenvalue weighted by Crippen LogP contribution is -2.51. The van der Waals surface area contributed by atoms with Crippen LogP contribution in [-0.4, -0.2) is 46.8 Å². The van der Waals surface area contributed by atoms with Crippen LogP contribution in [0.5, 0.6) is 0 Å². The molecule has 2 aromatic rings. The van der Waals surface area contributed by atoms with Crippen molar-refractivity contribution >= 4 is 39.5 Å². The van der Waals surface area contributed by atoms with E-state index in [1.54, 1.807) is 18.4 Å². The molecule has 2 aromatic heterocycles. The van der Waals surface area contributed by atoms with Crippen molar-refractivity contribution in [1.29, 1.82) is 0 Å². The van der Waals surface area contributed by atoms with Gasteiger partial charge in [0.25, 0.3) is 5.56 Å². The van der Waals surface area contributed by atoms with Crippen molar-refractivity contribution in [1.82, 2.24) is 20.2 Å². The molecule has 0 spiro atoms. The van der Waals surface area contributed by atoms with E-state index in [1.807, 2.05) is 6.92 Å². The Kier molecular flexibility index (Phi) is 6.00. The largest absolute Gasteiger partial charge is 0.463 e. The van der Waals surface area contributed by atoms with Crippen LogP contribution in [-0.2, 0) is 27.2 Å². The van der Waals surface area contributed by atoms with Crippen molar-refractivity contribution in [3.8, 4) is 0 Å². The summed E-state index contributed by atoms with van der Waals surface area (Å²) in [5.74, 6) is -0.495. The second-order valence-corrected chi connectivity index (χ2v) is 8.57. The third-order valence-corrected chi connectivity index (χ3v) is 6.76. The number of esters is 2. The van der Waals surface area contributed by atoms with Crippen molar-refractivity contribution < 1.29 is 23.9 Å². The van der Waals surface area contributed by atoms with Crippen LogP contribution in [0, 0.1) is 6.92 Å². The first kappa shape index (κ1) is 22.0. The molecule has 0 aromatic carbocycles. The number of fused-ring (bicyclic) bond motifs is 2. The summed E-state index contributed by atoms with van der Waals surface area (Å²) in [5.41, 5.74) is 0.795. The zero-order valence-electron chi connectivity index (χ0n) is 18.1. The zero-order chi connectivity index (χ0) is 23.0. The number of carbonyl (C=O) groups is 3. The number of nitrogens with zero attached hydrogens (tertiary/aromatic N) is 2. The number of carbonyl (C=O) groups excluding carboxylic acids is 3. The fraction of sp³-hybridized carbons (Fsp3) is 0.476. The summed E-state index contributed by atoms with van der Waals surface area (Å²) in [5, 5.41) is 5.64. The highest BCUT2D eigenvalue weighted by molar-refractivity contribution is 7.20. The maximum Gasteiger partial charge on any atom is 0.349 e. The molecule has 0 radical (unpaired) electrons. The second kappa shape index (κ2) is 8.73. The van der Waals surface area contributed by atoms with Crippen molar-refractivity contribution in [3.05, 3.63) is 37.9 Å². The minimum absolute atomic E-state index is 0.140. The summed E-state index contributed by atoms with van der Waals surface area (Å²) >= 11 is 1.11. The Morgan fingerprint density at radius 3 is 2.72 bits per heavy atom. The number of nitrogens with one attached hydrogen (secondary N) is 2. The van der Waals surface area contributed by atoms with E-state index in [0.29, 0.717) is 28.7 Å². The highest BCUT2D eigenvalue weighted by atomic mass is 32.1. The van der Waals surface area contributed by atoms with Gasteiger partial charge in [-0.05, 0) is 32.3 Å². The summed E-state index contributed by atoms with van der Waals surface area (Å²) in [6, 6.07) is -1.03. The average Bonchev–Trinajstić information content (AvgIpc) is 3.36. The summed E-state index contributed by atoms with van der Waals surface area (Å²) in [6.07, 6.45) is 2.08. The Labute approximate surface area is 187 Å². The molecule has 2 N–H and O–H groups in total. The summed E-state index contributed by atoms with van der Waals surface area (Å²) in [4.78, 5) is 55.5. The van der Waals surface area contributed by atoms with Crippen molar-refractivity contribution in [2.45, 2.75) is 52.6 Å². The van der Waals surface area contributed by atoms with E-state index in [0.717, 1.165) is 30.0 Å². The minimum atomic E-state index is -0.647. The molecule has 170 valence electrons. The van der Waals surface area contributed by atoms with Gasteiger partial charge in [-0.15, -0.1) is 11.3 Å². The molecule has 32 heavy (non-hydrogen) atoms. The Morgan fingerprint density at radius 2 is 2.00 bits per heavy atom. The van der Waals surface area contributed by atoms with Crippen molar-refractivity contribution in [2.75, 3.05) is 13.2 Å². The first-order valence-corrected chi connectivity index (χ1v) is 11.3. The van der Waals surface area contributed by atoms with Gasteiger partial charge in [0.15, 0.2) is 0 Å². The molecule has 0 bridgehead atoms. The molecule has 2 aliphatic heterocycles. The first-order valence-electron chi connectivity index (χ1n) is 10.5. The molecule has 0 fully saturated rings. The topological polar surface area (TPSA) is 129 Å². The molecule has 4 heterocycles. The molecule has 4 rings (SSSR count). The standard InChI is InChI=1S/C21H24N4O6S/c1-4-11-15(19(27)30-5-2)12(23-21(29)22-11)9-31-20(28)16-10(3)14-17(32-16)24-13-7-6-8-25(13)18(14)26/h11H,4-9H2,1-3H3,(H2,22,23,29)/t11-/m1/s1. The SMILES string of the molecule is CCOC(=O)C1=C(COC(=O)c2sc3nc4n(c(=O)c3c2C)CCC4)NC(=O)N[C@@H]1CC. The quantitative estimate of drug-likeness (QED) is 0.629. The van der Waals surface area contributed by atoms with Gasteiger partial charge < -0.3 is 20.1 Å². The van der Waals surface area contributed by atoms with Gasteiger partial charge in [0, 0.05) is 13.0 Å². The van der Waals surface area contributed by atoms with Gasteiger partial charge in [-0.2, -0.15) is 0 Å². The molecule has 10 nitrogen and oxygen atoms in total. The Morgan fingerprint density at radius 1 is 1.22 bits per heavy atom. The van der Waals surface area contributed by atoms with E-state index in [9.17, 15) is 19.2 Å². The lowest BCUT2D eigenvalue weighted by Gasteiger charge is -2.28. The number of ether oxygens (including phenoxy) is 2. The van der Waals surface area contributed by atoms with Crippen molar-refractivity contribution in [2.24, 2.45) is 0 Å². The van der Waals surface area contributed by atoms with Gasteiger partial charge in [-0.25, -0.2) is 19.4 Å². The second-order valence-electron chi connectivity index (χ2n) is 7.57. The molecule has 1 atom stereocenters. The maximum absolute atomic E-state index is 12.9. The summed E-state index contributed by atoms with van der Waals surface area (Å²) in [6.45, 7) is 5.69. The van der Waals surface area contributed by atoms with Crippen molar-refractivity contribution in [3.63, 3.8) is 0 Å². The van der Waals surface area contributed by atoms with Crippen LogP contribution in [0.2, 0.25) is 0 Å². The van der Waals surface area contributed by atoms with Gasteiger partial charge in [0.05, 0.1) is 29.3 Å². The lowest BCUT2D eigenvalue weighted by atomic mass is 10.0. The van der Waals surface area contributed by atoms with Gasteiger partial charge in [0.1, 0.15) is 22.1 Å². The molecular formula is C21H24N4O6S. The monoisotopic (exact) mass is 460 g/mol. The van der Waals surface area contributed by atoms with E-state index in [1.165, 1.54) is 0 Å². The molecule has 11 heteroatoms. The third kappa shape index (κ3) is 3.77. The fourth-order valence-corrected chi connectivity index (χ4v) is 5.13. The summed E-state index contributed by atoms with van der Waals surface area (Å²) in [7, 11) is 0. The maximum atomic E-state index is 12.9. The van der Waals surface area contributed by atoms with E-state index >= 15 is 0 Å². The number of hydrogen-bond acceptors (Lipinski definition) is 8. The minimum Gasteiger partial charge on any atom is -0.463 e. The fourth-order valence-electron chi connectivity index (χ4n) is 4.05. The molecule has 0 saturated heterocycles. The highest BCUT2D eigenvalue weighted by Gasteiger charge is 2.32. The van der Waals surface area contributed by atoms with E-state index in [-0.39, 0.29) is 34.9 Å². The number of urea groups is 1. The molecule has 2 amide bonds. The van der Waals surface area contributed by atoms with Crippen LogP contribution in [0.25, 0.3) is 10.2 Å². The molecular weight excluding hydrogens is 436 g/mol. The summed E-state index contributed by atoms with van der Waals surface area (Å²) < 4.78 is 12.2. The Bertz CT molecular complexity index is 1210. The normalized spacial score (nSPS) is 17.7. The van der Waals surface area contributed by atoms with Gasteiger partial charge in [0.2, 0.25) is 0 Å². The van der Waals surface area contributed by atoms with Crippen LogP contribution in [0.1, 0.15) is 47.7 Å². The Hall–Kier alpha value is -3.21. The number of amides is 2. The number of aryl methyl sites for hydroxylation is 2. The Balaban J connectivity index is 1.62. The highest BCUT2D eigenvalue weighted by Crippen LogP contribution is 2.29. The zero-order valence-corrected chi connectivity index (χ0v) is 18.9. The van der Waals surface area contributed by atoms with Crippen LogP contribution in [0.4, 0.5) is 4.79 Å². The van der Waals surface area contributed by atoms with E-state index < -0.39 is 24.0 Å². The predicted octanol–water partition coefficient (Wildman–Crippen LogP) is 1.78. The van der Waals surface area contributed by atoms with Crippen LogP contribution in [0.3, 0.4) is 0 Å². The first-order chi connectivity index (χ1) is 15.3. The molecule has 0 saturated carbocycles. The lowest BCUT2D eigenvalue weighted by molar-refractivity contribution is -0.139. The average molecular weight is 461 g/mol. The number of thiophene rings is 1. The van der Waals surface area contributed by atoms with Crippen LogP contribution >= 0.6 is 11.3 Å². The van der Waals surface area contributed by atoms with Gasteiger partial charge >= 0.3 is 18.0 Å². The van der Waals surface area contributed by atoms with Crippen LogP contribution < -0.4 is 16.2 Å². The number of aromatic nitrogens is 2. The van der Waals surface area contributed by atoms with Gasteiger partial charge in [-0.1, -0.05) is 6.92 Å². The van der Waals surface area contributed by atoms with Gasteiger partial charge in [-0.3, -0.25) is 9.36 Å². The van der Waals surface area contributed by atoms with E-state index in [2.05, 4.69) is 15.6 Å². The van der Waals surface area contributed by atoms with E-state index in [4.69, 9.17) is 9.47 Å². The smallest absolute Gasteiger partial charge is 0.349 e. The molecule has 0 aliphatic carbocycles. The third-order valence-electron chi connectivity index (χ3n) is 5.59. The molecule has 2 aliphatic rings. The predicted molar refractivity (Wildman–Crippen MR) is 117 cm³/mol. The molecule has 0 unspecified atom stereocenters. The number of hydrogen-bond donors (Lipinski definition) is 2. The number of rotatable bonds is 6.